The molecule has 106 valence electrons. The second kappa shape index (κ2) is 5.95. The molecule has 0 saturated carbocycles. The highest BCUT2D eigenvalue weighted by Crippen LogP contribution is 2.33. The van der Waals surface area contributed by atoms with Crippen LogP contribution in [0.3, 0.4) is 0 Å². The van der Waals surface area contributed by atoms with Gasteiger partial charge in [-0.3, -0.25) is 4.79 Å². The summed E-state index contributed by atoms with van der Waals surface area (Å²) in [7, 11) is 0. The fourth-order valence-electron chi connectivity index (χ4n) is 1.57. The number of benzene rings is 1. The lowest BCUT2D eigenvalue weighted by Crippen LogP contribution is -2.30. The summed E-state index contributed by atoms with van der Waals surface area (Å²) in [6, 6.07) is 4.00. The van der Waals surface area contributed by atoms with Crippen LogP contribution in [0, 0.1) is 12.3 Å². The first kappa shape index (κ1) is 16.0. The highest BCUT2D eigenvalue weighted by atomic mass is 79.9. The Hall–Kier alpha value is -1.03. The SMILES string of the molecule is Cc1cc(OCC(C)(C)C(=O)O)c(C(C)C)cc1Br. The number of carboxylic acid groups (broad SMARTS) is 1. The number of hydrogen-bond acceptors (Lipinski definition) is 2. The molecular weight excluding hydrogens is 308 g/mol. The maximum Gasteiger partial charge on any atom is 0.312 e. The first-order valence-electron chi connectivity index (χ1n) is 6.31. The van der Waals surface area contributed by atoms with Gasteiger partial charge in [0.05, 0.1) is 5.41 Å². The third kappa shape index (κ3) is 3.96. The molecule has 0 spiro atoms. The minimum Gasteiger partial charge on any atom is -0.492 e. The predicted molar refractivity (Wildman–Crippen MR) is 79.9 cm³/mol. The summed E-state index contributed by atoms with van der Waals surface area (Å²) in [6.07, 6.45) is 0. The van der Waals surface area contributed by atoms with Crippen LogP contribution in [0.5, 0.6) is 5.75 Å². The van der Waals surface area contributed by atoms with E-state index in [9.17, 15) is 4.79 Å². The molecule has 0 unspecified atom stereocenters. The molecule has 0 heterocycles. The summed E-state index contributed by atoms with van der Waals surface area (Å²) in [5.74, 6) is 0.234. The number of carboxylic acids is 1. The predicted octanol–water partition coefficient (Wildman–Crippen LogP) is 4.37. The van der Waals surface area contributed by atoms with E-state index in [0.29, 0.717) is 5.92 Å². The van der Waals surface area contributed by atoms with Crippen LogP contribution in [0.2, 0.25) is 0 Å². The molecule has 3 nitrogen and oxygen atoms in total. The lowest BCUT2D eigenvalue weighted by atomic mass is 9.95. The van der Waals surface area contributed by atoms with E-state index in [0.717, 1.165) is 21.3 Å². The third-order valence-electron chi connectivity index (χ3n) is 3.08. The summed E-state index contributed by atoms with van der Waals surface area (Å²) in [5.41, 5.74) is 1.26. The molecule has 0 radical (unpaired) electrons. The normalized spacial score (nSPS) is 11.7. The van der Waals surface area contributed by atoms with E-state index in [1.54, 1.807) is 13.8 Å². The number of carbonyl (C=O) groups is 1. The van der Waals surface area contributed by atoms with Crippen molar-refractivity contribution in [3.05, 3.63) is 27.7 Å². The van der Waals surface area contributed by atoms with Crippen LogP contribution in [0.15, 0.2) is 16.6 Å². The molecule has 0 aliphatic carbocycles. The largest absolute Gasteiger partial charge is 0.492 e. The van der Waals surface area contributed by atoms with E-state index < -0.39 is 11.4 Å². The highest BCUT2D eigenvalue weighted by molar-refractivity contribution is 9.10. The molecule has 1 N–H and O–H groups in total. The molecule has 19 heavy (non-hydrogen) atoms. The number of halogens is 1. The molecule has 0 amide bonds. The molecule has 0 aliphatic heterocycles. The van der Waals surface area contributed by atoms with Gasteiger partial charge in [0, 0.05) is 4.47 Å². The Bertz CT molecular complexity index is 479. The van der Waals surface area contributed by atoms with E-state index in [2.05, 4.69) is 29.8 Å². The van der Waals surface area contributed by atoms with Crippen molar-refractivity contribution in [2.45, 2.75) is 40.5 Å². The van der Waals surface area contributed by atoms with Gasteiger partial charge in [-0.15, -0.1) is 0 Å². The Kier molecular flexibility index (Phi) is 5.02. The maximum atomic E-state index is 11.1. The van der Waals surface area contributed by atoms with Gasteiger partial charge in [-0.2, -0.15) is 0 Å². The Labute approximate surface area is 123 Å². The lowest BCUT2D eigenvalue weighted by molar-refractivity contribution is -0.148. The molecule has 1 aromatic rings. The van der Waals surface area contributed by atoms with Crippen molar-refractivity contribution < 1.29 is 14.6 Å². The average Bonchev–Trinajstić information content (AvgIpc) is 2.29. The summed E-state index contributed by atoms with van der Waals surface area (Å²) in [4.78, 5) is 11.1. The van der Waals surface area contributed by atoms with Gasteiger partial charge in [0.2, 0.25) is 0 Å². The molecule has 0 aromatic heterocycles. The minimum absolute atomic E-state index is 0.156. The van der Waals surface area contributed by atoms with E-state index in [4.69, 9.17) is 9.84 Å². The molecule has 0 bridgehead atoms. The van der Waals surface area contributed by atoms with Crippen LogP contribution in [0.1, 0.15) is 44.7 Å². The Morgan fingerprint density at radius 2 is 2.00 bits per heavy atom. The Morgan fingerprint density at radius 1 is 1.42 bits per heavy atom. The van der Waals surface area contributed by atoms with Crippen LogP contribution < -0.4 is 4.74 Å². The Balaban J connectivity index is 3.01. The summed E-state index contributed by atoms with van der Waals surface area (Å²) in [6.45, 7) is 9.65. The minimum atomic E-state index is -0.894. The van der Waals surface area contributed by atoms with Gasteiger partial charge in [0.1, 0.15) is 12.4 Å². The van der Waals surface area contributed by atoms with Gasteiger partial charge in [0.25, 0.3) is 0 Å². The third-order valence-corrected chi connectivity index (χ3v) is 3.93. The lowest BCUT2D eigenvalue weighted by Gasteiger charge is -2.22. The standard InChI is InChI=1S/C15H21BrO3/c1-9(2)11-7-12(16)10(3)6-13(11)19-8-15(4,5)14(17)18/h6-7,9H,8H2,1-5H3,(H,17,18). The van der Waals surface area contributed by atoms with Crippen molar-refractivity contribution in [3.63, 3.8) is 0 Å². The summed E-state index contributed by atoms with van der Waals surface area (Å²) in [5, 5.41) is 9.11. The van der Waals surface area contributed by atoms with Gasteiger partial charge in [0.15, 0.2) is 0 Å². The molecule has 0 atom stereocenters. The fourth-order valence-corrected chi connectivity index (χ4v) is 1.93. The van der Waals surface area contributed by atoms with Crippen molar-refractivity contribution in [2.24, 2.45) is 5.41 Å². The van der Waals surface area contributed by atoms with Gasteiger partial charge in [-0.05, 0) is 49.9 Å². The molecule has 4 heteroatoms. The first-order chi connectivity index (χ1) is 8.65. The van der Waals surface area contributed by atoms with Crippen LogP contribution in [0.25, 0.3) is 0 Å². The number of aliphatic carboxylic acids is 1. The smallest absolute Gasteiger partial charge is 0.312 e. The quantitative estimate of drug-likeness (QED) is 0.872. The summed E-state index contributed by atoms with van der Waals surface area (Å²) >= 11 is 3.51. The number of hydrogen-bond donors (Lipinski definition) is 1. The van der Waals surface area contributed by atoms with Crippen LogP contribution in [0.4, 0.5) is 0 Å². The van der Waals surface area contributed by atoms with E-state index in [1.807, 2.05) is 19.1 Å². The number of ether oxygens (including phenoxy) is 1. The number of rotatable bonds is 5. The van der Waals surface area contributed by atoms with Gasteiger partial charge in [-0.25, -0.2) is 0 Å². The van der Waals surface area contributed by atoms with Crippen LogP contribution >= 0.6 is 15.9 Å². The second-order valence-electron chi connectivity index (χ2n) is 5.77. The van der Waals surface area contributed by atoms with Crippen molar-refractivity contribution in [1.82, 2.24) is 0 Å². The first-order valence-corrected chi connectivity index (χ1v) is 7.10. The molecule has 1 aromatic carbocycles. The van der Waals surface area contributed by atoms with Crippen molar-refractivity contribution in [3.8, 4) is 5.75 Å². The molecule has 0 fully saturated rings. The van der Waals surface area contributed by atoms with Crippen molar-refractivity contribution in [2.75, 3.05) is 6.61 Å². The van der Waals surface area contributed by atoms with E-state index >= 15 is 0 Å². The van der Waals surface area contributed by atoms with Crippen LogP contribution in [-0.4, -0.2) is 17.7 Å². The zero-order valence-electron chi connectivity index (χ0n) is 12.1. The fraction of sp³-hybridized carbons (Fsp3) is 0.533. The van der Waals surface area contributed by atoms with Gasteiger partial charge in [-0.1, -0.05) is 29.8 Å². The topological polar surface area (TPSA) is 46.5 Å². The number of aryl methyl sites for hydroxylation is 1. The van der Waals surface area contributed by atoms with Crippen molar-refractivity contribution in [1.29, 1.82) is 0 Å². The van der Waals surface area contributed by atoms with Gasteiger partial charge >= 0.3 is 5.97 Å². The molecule has 1 rings (SSSR count). The van der Waals surface area contributed by atoms with E-state index in [-0.39, 0.29) is 6.61 Å². The zero-order chi connectivity index (χ0) is 14.8. The molecular formula is C15H21BrO3. The second-order valence-corrected chi connectivity index (χ2v) is 6.63. The highest BCUT2D eigenvalue weighted by Gasteiger charge is 2.28. The molecule has 0 aliphatic rings. The Morgan fingerprint density at radius 3 is 2.47 bits per heavy atom. The average molecular weight is 329 g/mol. The zero-order valence-corrected chi connectivity index (χ0v) is 13.7. The van der Waals surface area contributed by atoms with E-state index in [1.165, 1.54) is 0 Å². The maximum absolute atomic E-state index is 11.1. The molecule has 0 saturated heterocycles. The van der Waals surface area contributed by atoms with Crippen molar-refractivity contribution >= 4 is 21.9 Å². The monoisotopic (exact) mass is 328 g/mol. The van der Waals surface area contributed by atoms with Crippen LogP contribution in [-0.2, 0) is 4.79 Å². The van der Waals surface area contributed by atoms with Gasteiger partial charge < -0.3 is 9.84 Å². The summed E-state index contributed by atoms with van der Waals surface area (Å²) < 4.78 is 6.80.